The van der Waals surface area contributed by atoms with Gasteiger partial charge in [-0.1, -0.05) is 35.9 Å². The molecule has 0 unspecified atom stereocenters. The van der Waals surface area contributed by atoms with Crippen LogP contribution in [0, 0.1) is 20.8 Å². The second-order valence-electron chi connectivity index (χ2n) is 6.45. The van der Waals surface area contributed by atoms with Crippen LogP contribution >= 0.6 is 0 Å². The fourth-order valence-corrected chi connectivity index (χ4v) is 2.84. The van der Waals surface area contributed by atoms with Gasteiger partial charge < -0.3 is 14.5 Å². The molecule has 7 nitrogen and oxygen atoms in total. The second kappa shape index (κ2) is 7.96. The number of carbonyl (C=O) groups is 3. The molecule has 28 heavy (non-hydrogen) atoms. The summed E-state index contributed by atoms with van der Waals surface area (Å²) >= 11 is 0. The molecule has 0 saturated carbocycles. The van der Waals surface area contributed by atoms with Gasteiger partial charge in [0.05, 0.1) is 0 Å². The van der Waals surface area contributed by atoms with Crippen LogP contribution in [-0.4, -0.2) is 24.5 Å². The highest BCUT2D eigenvalue weighted by Crippen LogP contribution is 2.25. The molecule has 2 aromatic carbocycles. The first kappa shape index (κ1) is 19.2. The molecule has 7 heteroatoms. The van der Waals surface area contributed by atoms with Crippen molar-refractivity contribution in [2.24, 2.45) is 0 Å². The minimum absolute atomic E-state index is 0.0359. The lowest BCUT2D eigenvalue weighted by Crippen LogP contribution is -2.37. The zero-order valence-corrected chi connectivity index (χ0v) is 15.8. The van der Waals surface area contributed by atoms with E-state index in [9.17, 15) is 14.4 Å². The first-order valence-corrected chi connectivity index (χ1v) is 8.68. The van der Waals surface area contributed by atoms with Crippen molar-refractivity contribution < 1.29 is 23.5 Å². The number of hydrogen-bond acceptors (Lipinski definition) is 5. The zero-order valence-electron chi connectivity index (χ0n) is 15.8. The Morgan fingerprint density at radius 2 is 1.79 bits per heavy atom. The molecule has 0 aliphatic heterocycles. The summed E-state index contributed by atoms with van der Waals surface area (Å²) in [5, 5.41) is 5.50. The number of esters is 1. The Hall–Kier alpha value is -3.61. The first-order valence-electron chi connectivity index (χ1n) is 8.68. The van der Waals surface area contributed by atoms with E-state index in [1.807, 2.05) is 38.1 Å². The maximum absolute atomic E-state index is 12.2. The summed E-state index contributed by atoms with van der Waals surface area (Å²) in [4.78, 5) is 36.0. The standard InChI is InChI=1S/C21H20N2O5/c1-12-8-9-16(13(2)10-12)22-21(26)23-18(24)11-27-20(25)19-14(3)15-6-4-5-7-17(15)28-19/h4-10H,11H2,1-3H3,(H2,22,23,24,26). The Morgan fingerprint density at radius 3 is 2.50 bits per heavy atom. The lowest BCUT2D eigenvalue weighted by Gasteiger charge is -2.10. The van der Waals surface area contributed by atoms with E-state index < -0.39 is 24.5 Å². The third kappa shape index (κ3) is 4.20. The van der Waals surface area contributed by atoms with Crippen molar-refractivity contribution in [1.29, 1.82) is 0 Å². The molecular formula is C21H20N2O5. The van der Waals surface area contributed by atoms with Gasteiger partial charge in [0.15, 0.2) is 6.61 Å². The average molecular weight is 380 g/mol. The number of fused-ring (bicyclic) bond motifs is 1. The summed E-state index contributed by atoms with van der Waals surface area (Å²) in [6, 6.07) is 12.0. The molecule has 3 rings (SSSR count). The molecule has 0 atom stereocenters. The van der Waals surface area contributed by atoms with Gasteiger partial charge in [-0.05, 0) is 38.5 Å². The Morgan fingerprint density at radius 1 is 1.04 bits per heavy atom. The summed E-state index contributed by atoms with van der Waals surface area (Å²) in [6.45, 7) is 4.93. The third-order valence-electron chi connectivity index (χ3n) is 4.25. The summed E-state index contributed by atoms with van der Waals surface area (Å²) in [6.07, 6.45) is 0. The molecule has 3 aromatic rings. The number of amides is 3. The summed E-state index contributed by atoms with van der Waals surface area (Å²) in [5.74, 6) is -1.48. The Bertz CT molecular complexity index is 1070. The van der Waals surface area contributed by atoms with Crippen LogP contribution in [0.3, 0.4) is 0 Å². The van der Waals surface area contributed by atoms with E-state index in [1.165, 1.54) is 0 Å². The third-order valence-corrected chi connectivity index (χ3v) is 4.25. The Kier molecular flexibility index (Phi) is 5.44. The van der Waals surface area contributed by atoms with Crippen LogP contribution in [-0.2, 0) is 9.53 Å². The minimum atomic E-state index is -0.765. The zero-order chi connectivity index (χ0) is 20.3. The van der Waals surface area contributed by atoms with E-state index >= 15 is 0 Å². The number of benzene rings is 2. The highest BCUT2D eigenvalue weighted by molar-refractivity contribution is 6.03. The molecule has 0 bridgehead atoms. The van der Waals surface area contributed by atoms with Gasteiger partial charge in [0, 0.05) is 16.6 Å². The van der Waals surface area contributed by atoms with Crippen molar-refractivity contribution in [3.63, 3.8) is 0 Å². The predicted molar refractivity (Wildman–Crippen MR) is 104 cm³/mol. The maximum atomic E-state index is 12.2. The van der Waals surface area contributed by atoms with Crippen molar-refractivity contribution in [2.45, 2.75) is 20.8 Å². The van der Waals surface area contributed by atoms with Gasteiger partial charge >= 0.3 is 12.0 Å². The molecule has 2 N–H and O–H groups in total. The number of para-hydroxylation sites is 1. The summed E-state index contributed by atoms with van der Waals surface area (Å²) in [5.41, 5.74) is 3.71. The second-order valence-corrected chi connectivity index (χ2v) is 6.45. The number of ether oxygens (including phenoxy) is 1. The summed E-state index contributed by atoms with van der Waals surface area (Å²) in [7, 11) is 0. The molecule has 1 aromatic heterocycles. The molecule has 144 valence electrons. The molecule has 0 radical (unpaired) electrons. The molecular weight excluding hydrogens is 360 g/mol. The molecule has 0 aliphatic rings. The van der Waals surface area contributed by atoms with Crippen LogP contribution in [0.25, 0.3) is 11.0 Å². The Balaban J connectivity index is 1.55. The smallest absolute Gasteiger partial charge is 0.375 e. The molecule has 0 aliphatic carbocycles. The highest BCUT2D eigenvalue weighted by atomic mass is 16.5. The number of furan rings is 1. The monoisotopic (exact) mass is 380 g/mol. The van der Waals surface area contributed by atoms with Crippen LogP contribution in [0.1, 0.15) is 27.2 Å². The van der Waals surface area contributed by atoms with Gasteiger partial charge in [0.1, 0.15) is 5.58 Å². The molecule has 0 fully saturated rings. The van der Waals surface area contributed by atoms with Crippen LogP contribution in [0.5, 0.6) is 0 Å². The van der Waals surface area contributed by atoms with Gasteiger partial charge in [0.2, 0.25) is 5.76 Å². The number of anilines is 1. The van der Waals surface area contributed by atoms with Crippen LogP contribution in [0.15, 0.2) is 46.9 Å². The summed E-state index contributed by atoms with van der Waals surface area (Å²) < 4.78 is 10.5. The average Bonchev–Trinajstić information content (AvgIpc) is 2.99. The van der Waals surface area contributed by atoms with Crippen LogP contribution in [0.4, 0.5) is 10.5 Å². The van der Waals surface area contributed by atoms with E-state index in [1.54, 1.807) is 25.1 Å². The van der Waals surface area contributed by atoms with E-state index in [4.69, 9.17) is 9.15 Å². The number of carbonyl (C=O) groups excluding carboxylic acids is 3. The quantitative estimate of drug-likeness (QED) is 0.670. The van der Waals surface area contributed by atoms with E-state index in [2.05, 4.69) is 10.6 Å². The number of hydrogen-bond donors (Lipinski definition) is 2. The number of nitrogens with one attached hydrogen (secondary N) is 2. The topological polar surface area (TPSA) is 97.6 Å². The number of imide groups is 1. The lowest BCUT2D eigenvalue weighted by molar-refractivity contribution is -0.123. The van der Waals surface area contributed by atoms with Crippen molar-refractivity contribution in [3.8, 4) is 0 Å². The molecule has 3 amide bonds. The van der Waals surface area contributed by atoms with Crippen molar-refractivity contribution in [3.05, 3.63) is 64.9 Å². The van der Waals surface area contributed by atoms with E-state index in [0.29, 0.717) is 16.8 Å². The van der Waals surface area contributed by atoms with Crippen LogP contribution in [0.2, 0.25) is 0 Å². The maximum Gasteiger partial charge on any atom is 0.375 e. The van der Waals surface area contributed by atoms with Gasteiger partial charge in [-0.2, -0.15) is 0 Å². The highest BCUT2D eigenvalue weighted by Gasteiger charge is 2.20. The number of urea groups is 1. The number of rotatable bonds is 4. The van der Waals surface area contributed by atoms with Crippen molar-refractivity contribution in [1.82, 2.24) is 5.32 Å². The van der Waals surface area contributed by atoms with E-state index in [-0.39, 0.29) is 5.76 Å². The Labute approximate surface area is 161 Å². The van der Waals surface area contributed by atoms with Crippen molar-refractivity contribution >= 4 is 34.6 Å². The number of aryl methyl sites for hydroxylation is 3. The first-order chi connectivity index (χ1) is 13.3. The molecule has 1 heterocycles. The predicted octanol–water partition coefficient (Wildman–Crippen LogP) is 3.86. The fraction of sp³-hybridized carbons (Fsp3) is 0.190. The molecule has 0 spiro atoms. The fourth-order valence-electron chi connectivity index (χ4n) is 2.84. The normalized spacial score (nSPS) is 10.5. The van der Waals surface area contributed by atoms with Gasteiger partial charge in [-0.15, -0.1) is 0 Å². The molecule has 0 saturated heterocycles. The SMILES string of the molecule is Cc1ccc(NC(=O)NC(=O)COC(=O)c2oc3ccccc3c2C)c(C)c1. The van der Waals surface area contributed by atoms with Crippen molar-refractivity contribution in [2.75, 3.05) is 11.9 Å². The largest absolute Gasteiger partial charge is 0.450 e. The lowest BCUT2D eigenvalue weighted by atomic mass is 10.1. The van der Waals surface area contributed by atoms with Gasteiger partial charge in [-0.25, -0.2) is 9.59 Å². The van der Waals surface area contributed by atoms with Crippen LogP contribution < -0.4 is 10.6 Å². The minimum Gasteiger partial charge on any atom is -0.450 e. The van der Waals surface area contributed by atoms with Gasteiger partial charge in [0.25, 0.3) is 5.91 Å². The van der Waals surface area contributed by atoms with Gasteiger partial charge in [-0.3, -0.25) is 10.1 Å². The van der Waals surface area contributed by atoms with E-state index in [0.717, 1.165) is 16.5 Å².